The fraction of sp³-hybridized carbons (Fsp3) is 0.550. The summed E-state index contributed by atoms with van der Waals surface area (Å²) in [5.74, 6) is -0.0866. The summed E-state index contributed by atoms with van der Waals surface area (Å²) in [5, 5.41) is 29.6. The van der Waals surface area contributed by atoms with E-state index in [1.54, 1.807) is 0 Å². The van der Waals surface area contributed by atoms with E-state index in [1.165, 1.54) is 0 Å². The maximum absolute atomic E-state index is 9.99. The largest absolute Gasteiger partial charge is 0.399 e. The maximum atomic E-state index is 9.99. The molecule has 0 saturated carbocycles. The normalized spacial score (nSPS) is 31.3. The van der Waals surface area contributed by atoms with Gasteiger partial charge in [-0.25, -0.2) is 0 Å². The summed E-state index contributed by atoms with van der Waals surface area (Å²) in [6, 6.07) is 6.62. The molecule has 0 amide bonds. The van der Waals surface area contributed by atoms with Gasteiger partial charge in [-0.3, -0.25) is 4.90 Å². The Hall–Kier alpha value is -2.55. The molecule has 2 N–H and O–H groups in total. The zero-order valence-corrected chi connectivity index (χ0v) is 14.6. The first kappa shape index (κ1) is 17.3. The molecule has 0 spiro atoms. The molecule has 5 nitrogen and oxygen atoms in total. The van der Waals surface area contributed by atoms with Gasteiger partial charge in [-0.2, -0.15) is 15.8 Å². The molecule has 3 rings (SSSR count). The van der Waals surface area contributed by atoms with E-state index in [1.807, 2.05) is 0 Å². The van der Waals surface area contributed by atoms with Gasteiger partial charge < -0.3 is 5.73 Å². The van der Waals surface area contributed by atoms with Crippen LogP contribution in [0.2, 0.25) is 0 Å². The van der Waals surface area contributed by atoms with Crippen LogP contribution in [0.15, 0.2) is 35.1 Å². The third kappa shape index (κ3) is 2.55. The highest BCUT2D eigenvalue weighted by Gasteiger charge is 2.55. The average Bonchev–Trinajstić information content (AvgIpc) is 2.67. The van der Waals surface area contributed by atoms with E-state index in [0.29, 0.717) is 5.57 Å². The lowest BCUT2D eigenvalue weighted by Gasteiger charge is -2.48. The van der Waals surface area contributed by atoms with E-state index in [4.69, 9.17) is 5.73 Å². The molecule has 3 aliphatic rings. The molecule has 0 unspecified atom stereocenters. The molecule has 0 aromatic heterocycles. The van der Waals surface area contributed by atoms with Crippen molar-refractivity contribution in [3.05, 3.63) is 35.1 Å². The predicted octanol–water partition coefficient (Wildman–Crippen LogP) is 2.62. The Morgan fingerprint density at radius 3 is 2.64 bits per heavy atom. The summed E-state index contributed by atoms with van der Waals surface area (Å²) in [5.41, 5.74) is 6.30. The fourth-order valence-electron chi connectivity index (χ4n) is 4.69. The number of allylic oxidation sites excluding steroid dienone is 4. The van der Waals surface area contributed by atoms with Crippen LogP contribution in [0.5, 0.6) is 0 Å². The number of nitriles is 3. The Bertz CT molecular complexity index is 753. The second kappa shape index (κ2) is 6.75. The van der Waals surface area contributed by atoms with Crippen molar-refractivity contribution < 1.29 is 0 Å². The van der Waals surface area contributed by atoms with Gasteiger partial charge in [0.15, 0.2) is 5.41 Å². The van der Waals surface area contributed by atoms with Crippen LogP contribution >= 0.6 is 0 Å². The van der Waals surface area contributed by atoms with Crippen molar-refractivity contribution in [2.75, 3.05) is 19.6 Å². The van der Waals surface area contributed by atoms with Gasteiger partial charge in [-0.15, -0.1) is 0 Å². The van der Waals surface area contributed by atoms with Crippen molar-refractivity contribution in [3.63, 3.8) is 0 Å². The molecule has 0 aromatic rings. The second-order valence-corrected chi connectivity index (χ2v) is 7.10. The highest BCUT2D eigenvalue weighted by Crippen LogP contribution is 2.53. The van der Waals surface area contributed by atoms with Crippen LogP contribution in [-0.4, -0.2) is 24.5 Å². The van der Waals surface area contributed by atoms with Gasteiger partial charge in [-0.05, 0) is 37.3 Å². The van der Waals surface area contributed by atoms with Gasteiger partial charge in [0.1, 0.15) is 6.07 Å². The Morgan fingerprint density at radius 2 is 2.08 bits per heavy atom. The van der Waals surface area contributed by atoms with Crippen LogP contribution in [0.3, 0.4) is 0 Å². The van der Waals surface area contributed by atoms with Crippen molar-refractivity contribution >= 4 is 0 Å². The topological polar surface area (TPSA) is 101 Å². The number of hydrogen-bond donors (Lipinski definition) is 1. The average molecular weight is 333 g/mol. The molecule has 128 valence electrons. The SMILES string of the molecule is CCN1CC=C2C(C#N)=C(N)C(C#N)(C#N)[C@@H]([C@H]3C=CCCC3)[C@H]2C1. The predicted molar refractivity (Wildman–Crippen MR) is 94.1 cm³/mol. The molecular weight excluding hydrogens is 310 g/mol. The Labute approximate surface area is 149 Å². The van der Waals surface area contributed by atoms with Crippen molar-refractivity contribution in [1.29, 1.82) is 15.8 Å². The molecule has 3 atom stereocenters. The monoisotopic (exact) mass is 333 g/mol. The third-order valence-corrected chi connectivity index (χ3v) is 6.00. The quantitative estimate of drug-likeness (QED) is 0.783. The van der Waals surface area contributed by atoms with E-state index in [9.17, 15) is 15.8 Å². The van der Waals surface area contributed by atoms with Gasteiger partial charge in [0.25, 0.3) is 0 Å². The van der Waals surface area contributed by atoms with Gasteiger partial charge >= 0.3 is 0 Å². The lowest BCUT2D eigenvalue weighted by molar-refractivity contribution is 0.130. The van der Waals surface area contributed by atoms with Gasteiger partial charge in [0.2, 0.25) is 0 Å². The summed E-state index contributed by atoms with van der Waals surface area (Å²) in [4.78, 5) is 2.30. The summed E-state index contributed by atoms with van der Waals surface area (Å²) >= 11 is 0. The van der Waals surface area contributed by atoms with Crippen molar-refractivity contribution in [1.82, 2.24) is 4.90 Å². The molecule has 2 aliphatic carbocycles. The zero-order chi connectivity index (χ0) is 18.0. The van der Waals surface area contributed by atoms with E-state index in [-0.39, 0.29) is 23.5 Å². The third-order valence-electron chi connectivity index (χ3n) is 6.00. The highest BCUT2D eigenvalue weighted by molar-refractivity contribution is 5.57. The van der Waals surface area contributed by atoms with E-state index < -0.39 is 5.41 Å². The number of rotatable bonds is 2. The maximum Gasteiger partial charge on any atom is 0.187 e. The standard InChI is InChI=1S/C20H23N5/c1-2-25-9-8-15-16(10-21)19(24)20(12-22,13-23)18(17(15)11-25)14-6-4-3-5-7-14/h4,6,8,14,17-18H,2-3,5,7,9,11,24H2,1H3/t14-,17-,18-/m0/s1. The highest BCUT2D eigenvalue weighted by atomic mass is 15.1. The Morgan fingerprint density at radius 1 is 1.32 bits per heavy atom. The first-order valence-electron chi connectivity index (χ1n) is 8.95. The van der Waals surface area contributed by atoms with Crippen LogP contribution in [0, 0.1) is 57.2 Å². The number of hydrogen-bond acceptors (Lipinski definition) is 5. The van der Waals surface area contributed by atoms with Crippen LogP contribution in [0.25, 0.3) is 0 Å². The summed E-state index contributed by atoms with van der Waals surface area (Å²) in [6.45, 7) is 4.55. The van der Waals surface area contributed by atoms with Gasteiger partial charge in [0.05, 0.1) is 23.4 Å². The summed E-state index contributed by atoms with van der Waals surface area (Å²) in [7, 11) is 0. The second-order valence-electron chi connectivity index (χ2n) is 7.10. The fourth-order valence-corrected chi connectivity index (χ4v) is 4.69. The molecule has 0 fully saturated rings. The lowest BCUT2D eigenvalue weighted by atomic mass is 9.55. The molecule has 0 bridgehead atoms. The first-order valence-corrected chi connectivity index (χ1v) is 8.95. The molecule has 0 saturated heterocycles. The number of nitrogens with two attached hydrogens (primary N) is 1. The van der Waals surface area contributed by atoms with Crippen LogP contribution in [0.1, 0.15) is 26.2 Å². The van der Waals surface area contributed by atoms with Gasteiger partial charge in [-0.1, -0.05) is 25.2 Å². The van der Waals surface area contributed by atoms with Crippen molar-refractivity contribution in [2.24, 2.45) is 28.9 Å². The summed E-state index contributed by atoms with van der Waals surface area (Å²) in [6.07, 6.45) is 9.43. The van der Waals surface area contributed by atoms with Crippen molar-refractivity contribution in [3.8, 4) is 18.2 Å². The number of fused-ring (bicyclic) bond motifs is 1. The van der Waals surface area contributed by atoms with Gasteiger partial charge in [0, 0.05) is 24.9 Å². The summed E-state index contributed by atoms with van der Waals surface area (Å²) < 4.78 is 0. The Kier molecular flexibility index (Phi) is 4.67. The smallest absolute Gasteiger partial charge is 0.187 e. The van der Waals surface area contributed by atoms with E-state index >= 15 is 0 Å². The minimum atomic E-state index is -1.43. The molecule has 5 heteroatoms. The molecule has 0 radical (unpaired) electrons. The molecular formula is C20H23N5. The minimum Gasteiger partial charge on any atom is -0.399 e. The van der Waals surface area contributed by atoms with E-state index in [0.717, 1.165) is 44.5 Å². The van der Waals surface area contributed by atoms with E-state index in [2.05, 4.69) is 48.3 Å². The van der Waals surface area contributed by atoms with Crippen molar-refractivity contribution in [2.45, 2.75) is 26.2 Å². The Balaban J connectivity index is 2.22. The number of nitrogens with zero attached hydrogens (tertiary/aromatic N) is 4. The zero-order valence-electron chi connectivity index (χ0n) is 14.6. The van der Waals surface area contributed by atoms with Crippen LogP contribution in [0.4, 0.5) is 0 Å². The van der Waals surface area contributed by atoms with Crippen LogP contribution in [-0.2, 0) is 0 Å². The number of likely N-dealkylation sites (N-methyl/N-ethyl adjacent to an activating group) is 1. The molecule has 25 heavy (non-hydrogen) atoms. The van der Waals surface area contributed by atoms with Crippen LogP contribution < -0.4 is 5.73 Å². The molecule has 1 heterocycles. The minimum absolute atomic E-state index is 0.0114. The molecule has 0 aromatic carbocycles. The first-order chi connectivity index (χ1) is 12.1. The molecule has 1 aliphatic heterocycles. The lowest BCUT2D eigenvalue weighted by Crippen LogP contribution is -2.51.